The van der Waals surface area contributed by atoms with Crippen molar-refractivity contribution < 1.29 is 9.13 Å². The Morgan fingerprint density at radius 2 is 2.12 bits per heavy atom. The summed E-state index contributed by atoms with van der Waals surface area (Å²) in [4.78, 5) is 0. The standard InChI is InChI=1S/C12H15FN2OS/c13-9-6-3-7-10(11(9)15-12(14)17)16-8-4-1-2-5-8/h3,6-8H,1-2,4-5H2,(H3,14,15,17). The van der Waals surface area contributed by atoms with E-state index in [-0.39, 0.29) is 16.9 Å². The van der Waals surface area contributed by atoms with Gasteiger partial charge in [0, 0.05) is 0 Å². The highest BCUT2D eigenvalue weighted by Crippen LogP contribution is 2.31. The molecule has 1 aromatic carbocycles. The number of thiocarbonyl (C=S) groups is 1. The van der Waals surface area contributed by atoms with E-state index in [2.05, 4.69) is 5.32 Å². The maximum Gasteiger partial charge on any atom is 0.168 e. The molecule has 1 saturated carbocycles. The fourth-order valence-corrected chi connectivity index (χ4v) is 2.13. The van der Waals surface area contributed by atoms with Crippen LogP contribution in [0.25, 0.3) is 0 Å². The topological polar surface area (TPSA) is 47.3 Å². The Kier molecular flexibility index (Phi) is 3.78. The normalized spacial score (nSPS) is 15.8. The second kappa shape index (κ2) is 5.31. The molecule has 0 spiro atoms. The lowest BCUT2D eigenvalue weighted by Crippen LogP contribution is -2.21. The molecule has 92 valence electrons. The van der Waals surface area contributed by atoms with Crippen LogP contribution >= 0.6 is 12.2 Å². The van der Waals surface area contributed by atoms with Crippen LogP contribution in [0.2, 0.25) is 0 Å². The Labute approximate surface area is 105 Å². The van der Waals surface area contributed by atoms with Crippen LogP contribution in [0.1, 0.15) is 25.7 Å². The monoisotopic (exact) mass is 254 g/mol. The van der Waals surface area contributed by atoms with Crippen LogP contribution in [0.4, 0.5) is 10.1 Å². The van der Waals surface area contributed by atoms with Crippen molar-refractivity contribution in [2.24, 2.45) is 5.73 Å². The summed E-state index contributed by atoms with van der Waals surface area (Å²) in [5.41, 5.74) is 5.60. The van der Waals surface area contributed by atoms with E-state index in [4.69, 9.17) is 22.7 Å². The molecule has 3 N–H and O–H groups in total. The predicted molar refractivity (Wildman–Crippen MR) is 69.7 cm³/mol. The summed E-state index contributed by atoms with van der Waals surface area (Å²) in [5, 5.41) is 2.66. The van der Waals surface area contributed by atoms with E-state index < -0.39 is 5.82 Å². The van der Waals surface area contributed by atoms with Crippen molar-refractivity contribution in [2.75, 3.05) is 5.32 Å². The van der Waals surface area contributed by atoms with Crippen molar-refractivity contribution in [1.82, 2.24) is 0 Å². The summed E-state index contributed by atoms with van der Waals surface area (Å²) in [7, 11) is 0. The van der Waals surface area contributed by atoms with Gasteiger partial charge in [0.1, 0.15) is 11.4 Å². The zero-order chi connectivity index (χ0) is 12.3. The molecule has 0 saturated heterocycles. The first-order valence-electron chi connectivity index (χ1n) is 5.68. The molecule has 0 aromatic heterocycles. The predicted octanol–water partition coefficient (Wildman–Crippen LogP) is 2.80. The smallest absolute Gasteiger partial charge is 0.168 e. The first-order chi connectivity index (χ1) is 8.16. The van der Waals surface area contributed by atoms with E-state index in [9.17, 15) is 4.39 Å². The van der Waals surface area contributed by atoms with E-state index in [1.165, 1.54) is 6.07 Å². The zero-order valence-corrected chi connectivity index (χ0v) is 10.2. The highest BCUT2D eigenvalue weighted by molar-refractivity contribution is 7.80. The lowest BCUT2D eigenvalue weighted by molar-refractivity contribution is 0.210. The van der Waals surface area contributed by atoms with Gasteiger partial charge in [0.25, 0.3) is 0 Å². The molecular weight excluding hydrogens is 239 g/mol. The molecule has 0 heterocycles. The fourth-order valence-electron chi connectivity index (χ4n) is 2.03. The molecule has 5 heteroatoms. The summed E-state index contributed by atoms with van der Waals surface area (Å²) < 4.78 is 19.4. The van der Waals surface area contributed by atoms with Gasteiger partial charge in [0.2, 0.25) is 0 Å². The maximum atomic E-state index is 13.6. The van der Waals surface area contributed by atoms with E-state index >= 15 is 0 Å². The van der Waals surface area contributed by atoms with Crippen molar-refractivity contribution in [1.29, 1.82) is 0 Å². The minimum Gasteiger partial charge on any atom is -0.488 e. The number of ether oxygens (including phenoxy) is 1. The van der Waals surface area contributed by atoms with Gasteiger partial charge in [-0.1, -0.05) is 6.07 Å². The third-order valence-corrected chi connectivity index (χ3v) is 2.92. The highest BCUT2D eigenvalue weighted by Gasteiger charge is 2.19. The van der Waals surface area contributed by atoms with Crippen molar-refractivity contribution in [3.05, 3.63) is 24.0 Å². The van der Waals surface area contributed by atoms with Crippen LogP contribution in [-0.2, 0) is 0 Å². The van der Waals surface area contributed by atoms with Gasteiger partial charge in [0.05, 0.1) is 6.10 Å². The number of benzene rings is 1. The minimum absolute atomic E-state index is 0.0337. The third kappa shape index (κ3) is 3.06. The SMILES string of the molecule is NC(=S)Nc1c(F)cccc1OC1CCCC1. The first kappa shape index (κ1) is 12.1. The van der Waals surface area contributed by atoms with Gasteiger partial charge in [0.15, 0.2) is 10.9 Å². The average Bonchev–Trinajstić information content (AvgIpc) is 2.75. The number of hydrogen-bond donors (Lipinski definition) is 2. The Morgan fingerprint density at radius 1 is 1.41 bits per heavy atom. The van der Waals surface area contributed by atoms with Gasteiger partial charge in [-0.3, -0.25) is 0 Å². The summed E-state index contributed by atoms with van der Waals surface area (Å²) >= 11 is 4.72. The van der Waals surface area contributed by atoms with Crippen molar-refractivity contribution in [2.45, 2.75) is 31.8 Å². The number of rotatable bonds is 3. The van der Waals surface area contributed by atoms with Crippen LogP contribution in [-0.4, -0.2) is 11.2 Å². The van der Waals surface area contributed by atoms with Gasteiger partial charge < -0.3 is 15.8 Å². The molecule has 1 aliphatic carbocycles. The van der Waals surface area contributed by atoms with Crippen LogP contribution in [0, 0.1) is 5.82 Å². The zero-order valence-electron chi connectivity index (χ0n) is 9.41. The Morgan fingerprint density at radius 3 is 2.76 bits per heavy atom. The average molecular weight is 254 g/mol. The minimum atomic E-state index is -0.409. The lowest BCUT2D eigenvalue weighted by Gasteiger charge is -2.17. The molecule has 2 rings (SSSR count). The van der Waals surface area contributed by atoms with Crippen molar-refractivity contribution in [3.8, 4) is 5.75 Å². The molecule has 0 bridgehead atoms. The van der Waals surface area contributed by atoms with Gasteiger partial charge >= 0.3 is 0 Å². The van der Waals surface area contributed by atoms with Gasteiger partial charge in [-0.15, -0.1) is 0 Å². The molecule has 0 aliphatic heterocycles. The molecule has 0 amide bonds. The number of hydrogen-bond acceptors (Lipinski definition) is 2. The fraction of sp³-hybridized carbons (Fsp3) is 0.417. The number of nitrogens with one attached hydrogen (secondary N) is 1. The van der Waals surface area contributed by atoms with E-state index in [1.54, 1.807) is 12.1 Å². The molecule has 0 radical (unpaired) electrons. The van der Waals surface area contributed by atoms with Crippen molar-refractivity contribution in [3.63, 3.8) is 0 Å². The third-order valence-electron chi connectivity index (χ3n) is 2.82. The number of para-hydroxylation sites is 1. The lowest BCUT2D eigenvalue weighted by atomic mass is 10.2. The second-order valence-electron chi connectivity index (χ2n) is 4.13. The number of halogens is 1. The summed E-state index contributed by atoms with van der Waals surface area (Å²) in [6.45, 7) is 0. The number of anilines is 1. The van der Waals surface area contributed by atoms with Crippen LogP contribution < -0.4 is 15.8 Å². The number of nitrogens with two attached hydrogens (primary N) is 1. The molecule has 1 fully saturated rings. The Balaban J connectivity index is 2.19. The van der Waals surface area contributed by atoms with Crippen molar-refractivity contribution >= 4 is 23.0 Å². The summed E-state index contributed by atoms with van der Waals surface area (Å²) in [6.07, 6.45) is 4.53. The Bertz CT molecular complexity index is 419. The van der Waals surface area contributed by atoms with E-state index in [0.717, 1.165) is 25.7 Å². The molecule has 1 aromatic rings. The largest absolute Gasteiger partial charge is 0.488 e. The van der Waals surface area contributed by atoms with Crippen LogP contribution in [0.5, 0.6) is 5.75 Å². The quantitative estimate of drug-likeness (QED) is 0.814. The first-order valence-corrected chi connectivity index (χ1v) is 6.09. The second-order valence-corrected chi connectivity index (χ2v) is 4.57. The highest BCUT2D eigenvalue weighted by atomic mass is 32.1. The summed E-state index contributed by atoms with van der Waals surface area (Å²) in [5.74, 6) is 0.0676. The van der Waals surface area contributed by atoms with Crippen LogP contribution in [0.15, 0.2) is 18.2 Å². The van der Waals surface area contributed by atoms with Gasteiger partial charge in [-0.25, -0.2) is 4.39 Å². The molecule has 0 unspecified atom stereocenters. The molecule has 1 aliphatic rings. The van der Waals surface area contributed by atoms with Gasteiger partial charge in [-0.2, -0.15) is 0 Å². The molecule has 17 heavy (non-hydrogen) atoms. The van der Waals surface area contributed by atoms with E-state index in [1.807, 2.05) is 0 Å². The Hall–Kier alpha value is -1.36. The molecule has 0 atom stereocenters. The van der Waals surface area contributed by atoms with E-state index in [0.29, 0.717) is 5.75 Å². The molecular formula is C12H15FN2OS. The summed E-state index contributed by atoms with van der Waals surface area (Å²) in [6, 6.07) is 4.69. The maximum absolute atomic E-state index is 13.6. The molecule has 3 nitrogen and oxygen atoms in total. The van der Waals surface area contributed by atoms with Crippen LogP contribution in [0.3, 0.4) is 0 Å². The van der Waals surface area contributed by atoms with Gasteiger partial charge in [-0.05, 0) is 50.0 Å².